The lowest BCUT2D eigenvalue weighted by atomic mass is 9.93. The molecule has 0 spiro atoms. The third-order valence-electron chi connectivity index (χ3n) is 3.87. The van der Waals surface area contributed by atoms with Crippen LogP contribution in [0.2, 0.25) is 0 Å². The molecule has 0 saturated carbocycles. The van der Waals surface area contributed by atoms with Crippen LogP contribution in [0.3, 0.4) is 0 Å². The lowest BCUT2D eigenvalue weighted by Gasteiger charge is -2.38. The van der Waals surface area contributed by atoms with Gasteiger partial charge in [0.15, 0.2) is 0 Å². The van der Waals surface area contributed by atoms with Gasteiger partial charge < -0.3 is 15.4 Å². The molecule has 24 heavy (non-hydrogen) atoms. The molecular formula is C16H16FN3O4. The predicted molar refractivity (Wildman–Crippen MR) is 81.0 cm³/mol. The lowest BCUT2D eigenvalue weighted by molar-refractivity contribution is -0.139. The molecule has 126 valence electrons. The van der Waals surface area contributed by atoms with Crippen LogP contribution in [0, 0.1) is 5.82 Å². The van der Waals surface area contributed by atoms with E-state index in [1.165, 1.54) is 23.1 Å². The van der Waals surface area contributed by atoms with E-state index in [4.69, 9.17) is 4.74 Å². The minimum Gasteiger partial charge on any atom is -0.463 e. The molecule has 2 heterocycles. The zero-order valence-corrected chi connectivity index (χ0v) is 13.0. The summed E-state index contributed by atoms with van der Waals surface area (Å²) in [4.78, 5) is 38.2. The van der Waals surface area contributed by atoms with Gasteiger partial charge in [-0.05, 0) is 13.0 Å². The highest BCUT2D eigenvalue weighted by Gasteiger charge is 2.43. The van der Waals surface area contributed by atoms with E-state index in [-0.39, 0.29) is 36.5 Å². The van der Waals surface area contributed by atoms with Gasteiger partial charge in [0.2, 0.25) is 0 Å². The van der Waals surface area contributed by atoms with Crippen molar-refractivity contribution in [2.45, 2.75) is 13.0 Å². The SMILES string of the molecule is CCOC(=O)C1=C2C(=O)NCCN2C(=O)NC1c1ccccc1F. The van der Waals surface area contributed by atoms with Crippen LogP contribution in [-0.2, 0) is 14.3 Å². The van der Waals surface area contributed by atoms with Gasteiger partial charge in [0.25, 0.3) is 5.91 Å². The third-order valence-corrected chi connectivity index (χ3v) is 3.87. The molecule has 7 nitrogen and oxygen atoms in total. The molecular weight excluding hydrogens is 317 g/mol. The molecule has 1 saturated heterocycles. The van der Waals surface area contributed by atoms with Crippen molar-refractivity contribution in [3.05, 3.63) is 46.9 Å². The summed E-state index contributed by atoms with van der Waals surface area (Å²) in [5.41, 5.74) is -0.0603. The van der Waals surface area contributed by atoms with E-state index < -0.39 is 29.8 Å². The number of fused-ring (bicyclic) bond motifs is 1. The summed E-state index contributed by atoms with van der Waals surface area (Å²) in [7, 11) is 0. The Bertz CT molecular complexity index is 747. The standard InChI is InChI=1S/C16H16FN3O4/c1-2-24-15(22)11-12(9-5-3-4-6-10(9)17)19-16(23)20-8-7-18-14(21)13(11)20/h3-6,12H,2,7-8H2,1H3,(H,18,21)(H,19,23). The van der Waals surface area contributed by atoms with Gasteiger partial charge in [0.05, 0.1) is 18.2 Å². The second kappa shape index (κ2) is 6.31. The first-order chi connectivity index (χ1) is 11.5. The molecule has 1 aromatic rings. The molecule has 0 bridgehead atoms. The summed E-state index contributed by atoms with van der Waals surface area (Å²) in [6.07, 6.45) is 0. The molecule has 1 aromatic carbocycles. The van der Waals surface area contributed by atoms with Gasteiger partial charge in [-0.25, -0.2) is 14.0 Å². The maximum atomic E-state index is 14.2. The van der Waals surface area contributed by atoms with Crippen molar-refractivity contribution in [3.63, 3.8) is 0 Å². The Morgan fingerprint density at radius 1 is 1.38 bits per heavy atom. The van der Waals surface area contributed by atoms with Crippen molar-refractivity contribution in [1.29, 1.82) is 0 Å². The van der Waals surface area contributed by atoms with Gasteiger partial charge in [-0.1, -0.05) is 18.2 Å². The van der Waals surface area contributed by atoms with Crippen LogP contribution in [0.15, 0.2) is 35.5 Å². The second-order valence-corrected chi connectivity index (χ2v) is 5.29. The van der Waals surface area contributed by atoms with Crippen molar-refractivity contribution in [3.8, 4) is 0 Å². The Morgan fingerprint density at radius 3 is 2.83 bits per heavy atom. The molecule has 1 fully saturated rings. The number of halogens is 1. The summed E-state index contributed by atoms with van der Waals surface area (Å²) in [6.45, 7) is 2.21. The molecule has 1 atom stereocenters. The first-order valence-corrected chi connectivity index (χ1v) is 7.56. The Labute approximate surface area is 137 Å². The highest BCUT2D eigenvalue weighted by molar-refractivity contribution is 6.08. The predicted octanol–water partition coefficient (Wildman–Crippen LogP) is 0.839. The van der Waals surface area contributed by atoms with Crippen LogP contribution >= 0.6 is 0 Å². The Balaban J connectivity index is 2.19. The Hall–Kier alpha value is -2.90. The molecule has 3 amide bonds. The number of carbonyl (C=O) groups excluding carboxylic acids is 3. The highest BCUT2D eigenvalue weighted by Crippen LogP contribution is 2.33. The minimum atomic E-state index is -1.09. The topological polar surface area (TPSA) is 87.7 Å². The van der Waals surface area contributed by atoms with Crippen LogP contribution in [0.4, 0.5) is 9.18 Å². The van der Waals surface area contributed by atoms with Crippen molar-refractivity contribution < 1.29 is 23.5 Å². The first kappa shape index (κ1) is 16.0. The zero-order chi connectivity index (χ0) is 17.3. The van der Waals surface area contributed by atoms with Crippen LogP contribution in [0.1, 0.15) is 18.5 Å². The summed E-state index contributed by atoms with van der Waals surface area (Å²) in [5.74, 6) is -1.90. The second-order valence-electron chi connectivity index (χ2n) is 5.29. The molecule has 2 aliphatic rings. The lowest BCUT2D eigenvalue weighted by Crippen LogP contribution is -2.57. The summed E-state index contributed by atoms with van der Waals surface area (Å²) < 4.78 is 19.2. The summed E-state index contributed by atoms with van der Waals surface area (Å²) >= 11 is 0. The maximum Gasteiger partial charge on any atom is 0.338 e. The average molecular weight is 333 g/mol. The average Bonchev–Trinajstić information content (AvgIpc) is 2.56. The number of hydrogen-bond donors (Lipinski definition) is 2. The number of piperazine rings is 1. The number of benzene rings is 1. The number of esters is 1. The zero-order valence-electron chi connectivity index (χ0n) is 13.0. The van der Waals surface area contributed by atoms with Crippen molar-refractivity contribution in [2.75, 3.05) is 19.7 Å². The summed E-state index contributed by atoms with van der Waals surface area (Å²) in [6, 6.07) is 4.12. The van der Waals surface area contributed by atoms with Crippen molar-refractivity contribution in [2.24, 2.45) is 0 Å². The van der Waals surface area contributed by atoms with E-state index >= 15 is 0 Å². The minimum absolute atomic E-state index is 0.0706. The van der Waals surface area contributed by atoms with Crippen LogP contribution in [0.25, 0.3) is 0 Å². The van der Waals surface area contributed by atoms with E-state index in [9.17, 15) is 18.8 Å². The van der Waals surface area contributed by atoms with Crippen LogP contribution in [0.5, 0.6) is 0 Å². The molecule has 0 aromatic heterocycles. The number of hydrogen-bond acceptors (Lipinski definition) is 4. The van der Waals surface area contributed by atoms with Gasteiger partial charge in [0, 0.05) is 18.7 Å². The van der Waals surface area contributed by atoms with Crippen molar-refractivity contribution >= 4 is 17.9 Å². The van der Waals surface area contributed by atoms with Gasteiger partial charge in [-0.3, -0.25) is 9.69 Å². The smallest absolute Gasteiger partial charge is 0.338 e. The number of nitrogens with zero attached hydrogens (tertiary/aromatic N) is 1. The van der Waals surface area contributed by atoms with Gasteiger partial charge in [-0.15, -0.1) is 0 Å². The Morgan fingerprint density at radius 2 is 2.12 bits per heavy atom. The third kappa shape index (κ3) is 2.60. The fraction of sp³-hybridized carbons (Fsp3) is 0.312. The molecule has 0 radical (unpaired) electrons. The van der Waals surface area contributed by atoms with E-state index in [2.05, 4.69) is 10.6 Å². The van der Waals surface area contributed by atoms with Gasteiger partial charge >= 0.3 is 12.0 Å². The molecule has 0 aliphatic carbocycles. The molecule has 2 N–H and O–H groups in total. The monoisotopic (exact) mass is 333 g/mol. The Kier molecular flexibility index (Phi) is 4.20. The van der Waals surface area contributed by atoms with E-state index in [0.29, 0.717) is 0 Å². The van der Waals surface area contributed by atoms with Crippen LogP contribution < -0.4 is 10.6 Å². The summed E-state index contributed by atoms with van der Waals surface area (Å²) in [5, 5.41) is 5.19. The number of rotatable bonds is 3. The maximum absolute atomic E-state index is 14.2. The largest absolute Gasteiger partial charge is 0.463 e. The molecule has 2 aliphatic heterocycles. The number of amides is 3. The fourth-order valence-corrected chi connectivity index (χ4v) is 2.85. The first-order valence-electron chi connectivity index (χ1n) is 7.56. The normalized spacial score (nSPS) is 20.2. The fourth-order valence-electron chi connectivity index (χ4n) is 2.85. The number of nitrogens with one attached hydrogen (secondary N) is 2. The quantitative estimate of drug-likeness (QED) is 0.803. The van der Waals surface area contributed by atoms with E-state index in [0.717, 1.165) is 0 Å². The number of ether oxygens (including phenoxy) is 1. The molecule has 3 rings (SSSR count). The van der Waals surface area contributed by atoms with Gasteiger partial charge in [-0.2, -0.15) is 0 Å². The number of urea groups is 1. The highest BCUT2D eigenvalue weighted by atomic mass is 19.1. The van der Waals surface area contributed by atoms with E-state index in [1.54, 1.807) is 13.0 Å². The van der Waals surface area contributed by atoms with E-state index in [1.807, 2.05) is 0 Å². The van der Waals surface area contributed by atoms with Crippen LogP contribution in [-0.4, -0.2) is 42.5 Å². The number of carbonyl (C=O) groups is 3. The molecule has 1 unspecified atom stereocenters. The van der Waals surface area contributed by atoms with Gasteiger partial charge in [0.1, 0.15) is 11.5 Å². The molecule has 8 heteroatoms. The van der Waals surface area contributed by atoms with Crippen molar-refractivity contribution in [1.82, 2.24) is 15.5 Å².